The fraction of sp³-hybridized carbons (Fsp3) is 1.00. The van der Waals surface area contributed by atoms with Crippen LogP contribution in [0.25, 0.3) is 0 Å². The highest BCUT2D eigenvalue weighted by atomic mass is 15.2. The molecule has 1 rings (SSSR count). The maximum Gasteiger partial charge on any atom is 0.0198 e. The summed E-state index contributed by atoms with van der Waals surface area (Å²) in [6.45, 7) is 16.6. The molecule has 1 unspecified atom stereocenters. The molecule has 0 aliphatic carbocycles. The second-order valence-corrected chi connectivity index (χ2v) is 6.53. The molecule has 1 N–H and O–H groups in total. The van der Waals surface area contributed by atoms with Gasteiger partial charge in [0.25, 0.3) is 0 Å². The smallest absolute Gasteiger partial charge is 0.0198 e. The Hall–Kier alpha value is -0.0800. The predicted molar refractivity (Wildman–Crippen MR) is 71.8 cm³/mol. The van der Waals surface area contributed by atoms with Crippen LogP contribution in [0, 0.1) is 11.3 Å². The first-order valence-electron chi connectivity index (χ1n) is 6.88. The highest BCUT2D eigenvalue weighted by Crippen LogP contribution is 2.22. The second kappa shape index (κ2) is 6.02. The van der Waals surface area contributed by atoms with E-state index in [2.05, 4.69) is 44.8 Å². The zero-order valence-electron chi connectivity index (χ0n) is 11.8. The van der Waals surface area contributed by atoms with Crippen molar-refractivity contribution in [3.63, 3.8) is 0 Å². The van der Waals surface area contributed by atoms with E-state index < -0.39 is 0 Å². The highest BCUT2D eigenvalue weighted by molar-refractivity contribution is 4.82. The fourth-order valence-electron chi connectivity index (χ4n) is 2.48. The van der Waals surface area contributed by atoms with E-state index in [1.54, 1.807) is 0 Å². The molecule has 0 amide bonds. The lowest BCUT2D eigenvalue weighted by molar-refractivity contribution is 0.128. The standard InChI is InChI=1S/C14H30N2/c1-6-14(4,5)11-16-8-7-15-13(10-16)9-12(2)3/h12-13,15H,6-11H2,1-5H3. The Labute approximate surface area is 102 Å². The summed E-state index contributed by atoms with van der Waals surface area (Å²) in [5.41, 5.74) is 0.472. The summed E-state index contributed by atoms with van der Waals surface area (Å²) in [7, 11) is 0. The first kappa shape index (κ1) is 14.0. The molecule has 0 aromatic heterocycles. The Morgan fingerprint density at radius 3 is 2.62 bits per heavy atom. The Morgan fingerprint density at radius 2 is 2.06 bits per heavy atom. The summed E-state index contributed by atoms with van der Waals surface area (Å²) in [6.07, 6.45) is 2.58. The molecule has 16 heavy (non-hydrogen) atoms. The Kier molecular flexibility index (Phi) is 5.26. The lowest BCUT2D eigenvalue weighted by Gasteiger charge is -2.38. The minimum atomic E-state index is 0.472. The topological polar surface area (TPSA) is 15.3 Å². The molecule has 1 aliphatic heterocycles. The fourth-order valence-corrected chi connectivity index (χ4v) is 2.48. The molecule has 1 atom stereocenters. The molecule has 0 radical (unpaired) electrons. The lowest BCUT2D eigenvalue weighted by Crippen LogP contribution is -2.53. The minimum Gasteiger partial charge on any atom is -0.311 e. The van der Waals surface area contributed by atoms with Crippen molar-refractivity contribution in [1.82, 2.24) is 10.2 Å². The van der Waals surface area contributed by atoms with Gasteiger partial charge in [-0.2, -0.15) is 0 Å². The van der Waals surface area contributed by atoms with Crippen molar-refractivity contribution in [2.75, 3.05) is 26.2 Å². The first-order valence-corrected chi connectivity index (χ1v) is 6.88. The van der Waals surface area contributed by atoms with E-state index in [1.165, 1.54) is 32.5 Å². The van der Waals surface area contributed by atoms with Gasteiger partial charge in [0.1, 0.15) is 0 Å². The van der Waals surface area contributed by atoms with Gasteiger partial charge < -0.3 is 5.32 Å². The largest absolute Gasteiger partial charge is 0.311 e. The predicted octanol–water partition coefficient (Wildman–Crippen LogP) is 2.74. The average Bonchev–Trinajstić information content (AvgIpc) is 2.16. The Morgan fingerprint density at radius 1 is 1.38 bits per heavy atom. The summed E-state index contributed by atoms with van der Waals surface area (Å²) in [6, 6.07) is 0.710. The molecule has 2 nitrogen and oxygen atoms in total. The maximum atomic E-state index is 3.64. The average molecular weight is 226 g/mol. The van der Waals surface area contributed by atoms with Crippen LogP contribution in [0.5, 0.6) is 0 Å². The third-order valence-electron chi connectivity index (χ3n) is 3.70. The molecule has 0 spiro atoms. The van der Waals surface area contributed by atoms with E-state index in [0.29, 0.717) is 11.5 Å². The van der Waals surface area contributed by atoms with Gasteiger partial charge in [-0.05, 0) is 24.2 Å². The van der Waals surface area contributed by atoms with Crippen LogP contribution >= 0.6 is 0 Å². The normalized spacial score (nSPS) is 24.0. The summed E-state index contributed by atoms with van der Waals surface area (Å²) < 4.78 is 0. The van der Waals surface area contributed by atoms with Crippen molar-refractivity contribution in [1.29, 1.82) is 0 Å². The van der Waals surface area contributed by atoms with Crippen LogP contribution in [0.2, 0.25) is 0 Å². The van der Waals surface area contributed by atoms with Crippen molar-refractivity contribution in [3.8, 4) is 0 Å². The van der Waals surface area contributed by atoms with Crippen LogP contribution in [0.1, 0.15) is 47.5 Å². The zero-order chi connectivity index (χ0) is 12.2. The number of hydrogen-bond donors (Lipinski definition) is 1. The Bertz CT molecular complexity index is 199. The minimum absolute atomic E-state index is 0.472. The van der Waals surface area contributed by atoms with Gasteiger partial charge >= 0.3 is 0 Å². The molecular weight excluding hydrogens is 196 g/mol. The Balaban J connectivity index is 2.38. The van der Waals surface area contributed by atoms with Crippen LogP contribution in [0.15, 0.2) is 0 Å². The van der Waals surface area contributed by atoms with Gasteiger partial charge in [0.2, 0.25) is 0 Å². The number of piperazine rings is 1. The lowest BCUT2D eigenvalue weighted by atomic mass is 9.89. The first-order chi connectivity index (χ1) is 7.43. The number of nitrogens with zero attached hydrogens (tertiary/aromatic N) is 1. The van der Waals surface area contributed by atoms with E-state index in [1.807, 2.05) is 0 Å². The third-order valence-corrected chi connectivity index (χ3v) is 3.70. The molecule has 1 heterocycles. The van der Waals surface area contributed by atoms with E-state index in [4.69, 9.17) is 0 Å². The second-order valence-electron chi connectivity index (χ2n) is 6.53. The van der Waals surface area contributed by atoms with Gasteiger partial charge in [-0.25, -0.2) is 0 Å². The number of rotatable bonds is 5. The maximum absolute atomic E-state index is 3.64. The molecule has 1 aliphatic rings. The summed E-state index contributed by atoms with van der Waals surface area (Å²) in [5.74, 6) is 0.802. The molecule has 2 heteroatoms. The van der Waals surface area contributed by atoms with E-state index in [9.17, 15) is 0 Å². The van der Waals surface area contributed by atoms with Crippen LogP contribution in [0.3, 0.4) is 0 Å². The molecule has 0 aromatic rings. The number of hydrogen-bond acceptors (Lipinski definition) is 2. The van der Waals surface area contributed by atoms with E-state index in [0.717, 1.165) is 12.5 Å². The SMILES string of the molecule is CCC(C)(C)CN1CCNC(CC(C)C)C1. The van der Waals surface area contributed by atoms with E-state index in [-0.39, 0.29) is 0 Å². The van der Waals surface area contributed by atoms with Crippen LogP contribution in [-0.2, 0) is 0 Å². The quantitative estimate of drug-likeness (QED) is 0.775. The van der Waals surface area contributed by atoms with Crippen LogP contribution in [0.4, 0.5) is 0 Å². The summed E-state index contributed by atoms with van der Waals surface area (Å²) in [5, 5.41) is 3.64. The van der Waals surface area contributed by atoms with Crippen molar-refractivity contribution in [2.45, 2.75) is 53.5 Å². The van der Waals surface area contributed by atoms with Crippen LogP contribution < -0.4 is 5.32 Å². The van der Waals surface area contributed by atoms with Gasteiger partial charge in [0.05, 0.1) is 0 Å². The van der Waals surface area contributed by atoms with Crippen molar-refractivity contribution >= 4 is 0 Å². The molecule has 96 valence electrons. The van der Waals surface area contributed by atoms with Crippen molar-refractivity contribution < 1.29 is 0 Å². The summed E-state index contributed by atoms with van der Waals surface area (Å²) in [4.78, 5) is 2.65. The van der Waals surface area contributed by atoms with Gasteiger partial charge in [0, 0.05) is 32.2 Å². The zero-order valence-corrected chi connectivity index (χ0v) is 11.8. The monoisotopic (exact) mass is 226 g/mol. The molecule has 0 bridgehead atoms. The van der Waals surface area contributed by atoms with E-state index >= 15 is 0 Å². The number of nitrogens with one attached hydrogen (secondary N) is 1. The van der Waals surface area contributed by atoms with Gasteiger partial charge in [0.15, 0.2) is 0 Å². The molecule has 1 fully saturated rings. The van der Waals surface area contributed by atoms with Crippen molar-refractivity contribution in [2.24, 2.45) is 11.3 Å². The van der Waals surface area contributed by atoms with Crippen molar-refractivity contribution in [3.05, 3.63) is 0 Å². The molecule has 1 saturated heterocycles. The molecular formula is C14H30N2. The molecule has 0 aromatic carbocycles. The van der Waals surface area contributed by atoms with Gasteiger partial charge in [-0.1, -0.05) is 34.6 Å². The highest BCUT2D eigenvalue weighted by Gasteiger charge is 2.25. The van der Waals surface area contributed by atoms with Crippen LogP contribution in [-0.4, -0.2) is 37.1 Å². The summed E-state index contributed by atoms with van der Waals surface area (Å²) >= 11 is 0. The molecule has 0 saturated carbocycles. The van der Waals surface area contributed by atoms with Gasteiger partial charge in [-0.15, -0.1) is 0 Å². The third kappa shape index (κ3) is 4.84. The van der Waals surface area contributed by atoms with Gasteiger partial charge in [-0.3, -0.25) is 4.90 Å².